The van der Waals surface area contributed by atoms with Gasteiger partial charge in [0.2, 0.25) is 0 Å². The van der Waals surface area contributed by atoms with Crippen molar-refractivity contribution in [2.24, 2.45) is 17.8 Å². The minimum atomic E-state index is 0.992. The molecule has 2 fully saturated rings. The number of hydrogen-bond donors (Lipinski definition) is 0. The van der Waals surface area contributed by atoms with Crippen molar-refractivity contribution in [3.63, 3.8) is 0 Å². The second-order valence-corrected chi connectivity index (χ2v) is 6.25. The molecule has 0 aromatic carbocycles. The van der Waals surface area contributed by atoms with Crippen molar-refractivity contribution in [2.45, 2.75) is 50.7 Å². The average Bonchev–Trinajstić information content (AvgIpc) is 2.16. The van der Waals surface area contributed by atoms with Gasteiger partial charge in [-0.15, -0.1) is 0 Å². The largest absolute Gasteiger partial charge is 0.162 e. The molecule has 0 bridgehead atoms. The van der Waals surface area contributed by atoms with Gasteiger partial charge < -0.3 is 0 Å². The van der Waals surface area contributed by atoms with Crippen LogP contribution in [0, 0.1) is 17.8 Å². The summed E-state index contributed by atoms with van der Waals surface area (Å²) in [7, 11) is 0. The molecule has 0 radical (unpaired) electrons. The third kappa shape index (κ3) is 2.23. The summed E-state index contributed by atoms with van der Waals surface area (Å²) in [5.41, 5.74) is 0. The smallest absolute Gasteiger partial charge is 0.00471 e. The van der Waals surface area contributed by atoms with Crippen LogP contribution in [0.5, 0.6) is 0 Å². The van der Waals surface area contributed by atoms with Crippen LogP contribution in [0.4, 0.5) is 0 Å². The number of rotatable bonds is 1. The summed E-state index contributed by atoms with van der Waals surface area (Å²) < 4.78 is 0. The Labute approximate surface area is 86.9 Å². The summed E-state index contributed by atoms with van der Waals surface area (Å²) >= 11 is 2.10. The number of hydrogen-bond acceptors (Lipinski definition) is 1. The maximum Gasteiger partial charge on any atom is 0.00471 e. The quantitative estimate of drug-likeness (QED) is 0.614. The fourth-order valence-corrected chi connectivity index (χ4v) is 4.11. The van der Waals surface area contributed by atoms with E-state index in [1.54, 1.807) is 0 Å². The van der Waals surface area contributed by atoms with E-state index in [4.69, 9.17) is 0 Å². The van der Waals surface area contributed by atoms with Gasteiger partial charge in [-0.05, 0) is 56.1 Å². The zero-order valence-corrected chi connectivity index (χ0v) is 9.78. The molecule has 0 spiro atoms. The third-order valence-corrected chi connectivity index (χ3v) is 5.26. The monoisotopic (exact) mass is 198 g/mol. The van der Waals surface area contributed by atoms with E-state index in [0.29, 0.717) is 0 Å². The summed E-state index contributed by atoms with van der Waals surface area (Å²) in [6.07, 6.45) is 11.4. The van der Waals surface area contributed by atoms with Crippen molar-refractivity contribution in [1.29, 1.82) is 0 Å². The van der Waals surface area contributed by atoms with Crippen LogP contribution >= 0.6 is 11.8 Å². The van der Waals surface area contributed by atoms with Crippen molar-refractivity contribution >= 4 is 11.8 Å². The van der Waals surface area contributed by atoms with Gasteiger partial charge in [-0.2, -0.15) is 11.8 Å². The van der Waals surface area contributed by atoms with Crippen molar-refractivity contribution in [3.8, 4) is 0 Å². The molecular weight excluding hydrogens is 176 g/mol. The second-order valence-electron chi connectivity index (χ2n) is 5.11. The molecule has 13 heavy (non-hydrogen) atoms. The zero-order valence-electron chi connectivity index (χ0n) is 8.96. The van der Waals surface area contributed by atoms with Crippen LogP contribution in [0.15, 0.2) is 0 Å². The first-order valence-electron chi connectivity index (χ1n) is 5.82. The van der Waals surface area contributed by atoms with Crippen molar-refractivity contribution < 1.29 is 0 Å². The number of thioether (sulfide) groups is 1. The van der Waals surface area contributed by atoms with Crippen molar-refractivity contribution in [2.75, 3.05) is 6.26 Å². The average molecular weight is 198 g/mol. The first kappa shape index (κ1) is 9.89. The Hall–Kier alpha value is 0.350. The Morgan fingerprint density at radius 2 is 1.69 bits per heavy atom. The Kier molecular flexibility index (Phi) is 3.23. The topological polar surface area (TPSA) is 0 Å². The van der Waals surface area contributed by atoms with Gasteiger partial charge in [0.25, 0.3) is 0 Å². The van der Waals surface area contributed by atoms with E-state index in [9.17, 15) is 0 Å². The molecule has 2 aliphatic rings. The predicted octanol–water partition coefficient (Wildman–Crippen LogP) is 3.95. The fourth-order valence-electron chi connectivity index (χ4n) is 3.30. The lowest BCUT2D eigenvalue weighted by molar-refractivity contribution is 0.140. The van der Waals surface area contributed by atoms with E-state index in [1.165, 1.54) is 38.5 Å². The molecule has 0 aliphatic heterocycles. The van der Waals surface area contributed by atoms with Gasteiger partial charge in [0.15, 0.2) is 0 Å². The van der Waals surface area contributed by atoms with Crippen LogP contribution in [0.25, 0.3) is 0 Å². The Bertz CT molecular complexity index is 167. The van der Waals surface area contributed by atoms with E-state index >= 15 is 0 Å². The normalized spacial score (nSPS) is 45.7. The van der Waals surface area contributed by atoms with E-state index < -0.39 is 0 Å². The first-order chi connectivity index (χ1) is 6.29. The minimum Gasteiger partial charge on any atom is -0.162 e. The molecule has 0 aromatic rings. The molecule has 2 rings (SSSR count). The molecule has 0 nitrogen and oxygen atoms in total. The van der Waals surface area contributed by atoms with Crippen LogP contribution < -0.4 is 0 Å². The molecule has 2 saturated carbocycles. The summed E-state index contributed by atoms with van der Waals surface area (Å²) in [6, 6.07) is 0. The van der Waals surface area contributed by atoms with Gasteiger partial charge in [-0.3, -0.25) is 0 Å². The van der Waals surface area contributed by atoms with Gasteiger partial charge in [-0.1, -0.05) is 13.3 Å². The summed E-state index contributed by atoms with van der Waals surface area (Å²) in [6.45, 7) is 2.44. The van der Waals surface area contributed by atoms with Crippen molar-refractivity contribution in [1.82, 2.24) is 0 Å². The lowest BCUT2D eigenvalue weighted by Gasteiger charge is -2.41. The van der Waals surface area contributed by atoms with Crippen LogP contribution in [-0.2, 0) is 0 Å². The SMILES string of the molecule is CSC1CCC2CCC(C)CC2C1. The molecule has 0 N–H and O–H groups in total. The molecule has 4 atom stereocenters. The van der Waals surface area contributed by atoms with Gasteiger partial charge >= 0.3 is 0 Å². The maximum atomic E-state index is 2.44. The molecule has 0 amide bonds. The van der Waals surface area contributed by atoms with Crippen LogP contribution in [0.1, 0.15) is 45.4 Å². The highest BCUT2D eigenvalue weighted by Gasteiger charge is 2.33. The highest BCUT2D eigenvalue weighted by molar-refractivity contribution is 7.99. The lowest BCUT2D eigenvalue weighted by Crippen LogP contribution is -2.31. The number of fused-ring (bicyclic) bond motifs is 1. The Balaban J connectivity index is 1.91. The van der Waals surface area contributed by atoms with E-state index in [-0.39, 0.29) is 0 Å². The molecule has 0 aromatic heterocycles. The van der Waals surface area contributed by atoms with Gasteiger partial charge in [0.1, 0.15) is 0 Å². The predicted molar refractivity (Wildman–Crippen MR) is 61.1 cm³/mol. The highest BCUT2D eigenvalue weighted by atomic mass is 32.2. The molecule has 0 saturated heterocycles. The minimum absolute atomic E-state index is 0.992. The summed E-state index contributed by atoms with van der Waals surface area (Å²) in [4.78, 5) is 0. The van der Waals surface area contributed by atoms with Gasteiger partial charge in [-0.25, -0.2) is 0 Å². The summed E-state index contributed by atoms with van der Waals surface area (Å²) in [5.74, 6) is 3.22. The van der Waals surface area contributed by atoms with E-state index in [2.05, 4.69) is 24.9 Å². The van der Waals surface area contributed by atoms with Crippen molar-refractivity contribution in [3.05, 3.63) is 0 Å². The zero-order chi connectivity index (χ0) is 9.26. The second kappa shape index (κ2) is 4.25. The van der Waals surface area contributed by atoms with E-state index in [0.717, 1.165) is 23.0 Å². The Morgan fingerprint density at radius 3 is 2.46 bits per heavy atom. The molecule has 1 heteroatoms. The van der Waals surface area contributed by atoms with Crippen LogP contribution in [-0.4, -0.2) is 11.5 Å². The summed E-state index contributed by atoms with van der Waals surface area (Å²) in [5, 5.41) is 0.992. The molecule has 4 unspecified atom stereocenters. The molecular formula is C12H22S. The van der Waals surface area contributed by atoms with E-state index in [1.807, 2.05) is 0 Å². The Morgan fingerprint density at radius 1 is 0.923 bits per heavy atom. The van der Waals surface area contributed by atoms with Crippen LogP contribution in [0.2, 0.25) is 0 Å². The molecule has 76 valence electrons. The third-order valence-electron chi connectivity index (χ3n) is 4.16. The fraction of sp³-hybridized carbons (Fsp3) is 1.00. The van der Waals surface area contributed by atoms with Crippen LogP contribution in [0.3, 0.4) is 0 Å². The maximum absolute atomic E-state index is 2.44. The molecule has 0 heterocycles. The molecule has 2 aliphatic carbocycles. The van der Waals surface area contributed by atoms with Gasteiger partial charge in [0.05, 0.1) is 0 Å². The standard InChI is InChI=1S/C12H22S/c1-9-3-4-10-5-6-12(13-2)8-11(10)7-9/h9-12H,3-8H2,1-2H3. The highest BCUT2D eigenvalue weighted by Crippen LogP contribution is 2.44. The lowest BCUT2D eigenvalue weighted by atomic mass is 9.68. The van der Waals surface area contributed by atoms with Gasteiger partial charge in [0, 0.05) is 5.25 Å². The first-order valence-corrected chi connectivity index (χ1v) is 7.11.